The van der Waals surface area contributed by atoms with Gasteiger partial charge in [-0.3, -0.25) is 4.79 Å². The third-order valence-corrected chi connectivity index (χ3v) is 4.46. The van der Waals surface area contributed by atoms with Crippen molar-refractivity contribution in [1.82, 2.24) is 0 Å². The van der Waals surface area contributed by atoms with Crippen molar-refractivity contribution >= 4 is 5.97 Å². The van der Waals surface area contributed by atoms with Crippen LogP contribution in [0.1, 0.15) is 56.6 Å². The average molecular weight is 260 g/mol. The van der Waals surface area contributed by atoms with Gasteiger partial charge >= 0.3 is 5.97 Å². The molecule has 0 amide bonds. The zero-order valence-corrected chi connectivity index (χ0v) is 11.9. The Morgan fingerprint density at radius 3 is 2.53 bits per heavy atom. The van der Waals surface area contributed by atoms with Gasteiger partial charge in [0.15, 0.2) is 0 Å². The maximum absolute atomic E-state index is 11.0. The standard InChI is InChI=1S/C17H24O2/c1-12-7-9-14(10-8-12)16-6-4-3-5-15(16)11-13(2)17(18)19/h3-6,12-14H,7-11H2,1-2H3,(H,18,19). The van der Waals surface area contributed by atoms with Crippen LogP contribution in [0.2, 0.25) is 0 Å². The van der Waals surface area contributed by atoms with Crippen molar-refractivity contribution in [3.05, 3.63) is 35.4 Å². The minimum atomic E-state index is -0.702. The summed E-state index contributed by atoms with van der Waals surface area (Å²) in [5.74, 6) is 0.477. The highest BCUT2D eigenvalue weighted by atomic mass is 16.4. The smallest absolute Gasteiger partial charge is 0.306 e. The fourth-order valence-electron chi connectivity index (χ4n) is 3.11. The first kappa shape index (κ1) is 14.1. The summed E-state index contributed by atoms with van der Waals surface area (Å²) in [5.41, 5.74) is 2.62. The molecule has 0 saturated heterocycles. The van der Waals surface area contributed by atoms with E-state index in [0.717, 1.165) is 5.92 Å². The highest BCUT2D eigenvalue weighted by Crippen LogP contribution is 2.37. The number of aliphatic carboxylic acids is 1. The van der Waals surface area contributed by atoms with E-state index in [0.29, 0.717) is 12.3 Å². The monoisotopic (exact) mass is 260 g/mol. The van der Waals surface area contributed by atoms with Crippen molar-refractivity contribution in [2.24, 2.45) is 11.8 Å². The predicted octanol–water partition coefficient (Wildman–Crippen LogP) is 4.24. The summed E-state index contributed by atoms with van der Waals surface area (Å²) in [5, 5.41) is 9.08. The molecule has 1 aliphatic carbocycles. The molecule has 104 valence electrons. The van der Waals surface area contributed by atoms with Crippen molar-refractivity contribution in [2.75, 3.05) is 0 Å². The molecule has 0 heterocycles. The maximum atomic E-state index is 11.0. The van der Waals surface area contributed by atoms with Crippen LogP contribution in [-0.2, 0) is 11.2 Å². The molecule has 0 spiro atoms. The first-order chi connectivity index (χ1) is 9.08. The van der Waals surface area contributed by atoms with Gasteiger partial charge in [0, 0.05) is 0 Å². The molecule has 1 saturated carbocycles. The Balaban J connectivity index is 2.14. The molecule has 2 rings (SSSR count). The third kappa shape index (κ3) is 3.59. The molecule has 0 radical (unpaired) electrons. The number of hydrogen-bond acceptors (Lipinski definition) is 1. The Morgan fingerprint density at radius 2 is 1.89 bits per heavy atom. The Kier molecular flexibility index (Phi) is 4.62. The van der Waals surface area contributed by atoms with Crippen LogP contribution in [0, 0.1) is 11.8 Å². The lowest BCUT2D eigenvalue weighted by atomic mass is 9.77. The van der Waals surface area contributed by atoms with E-state index in [1.165, 1.54) is 36.8 Å². The maximum Gasteiger partial charge on any atom is 0.306 e. The van der Waals surface area contributed by atoms with Gasteiger partial charge in [0.05, 0.1) is 5.92 Å². The van der Waals surface area contributed by atoms with Crippen LogP contribution in [-0.4, -0.2) is 11.1 Å². The summed E-state index contributed by atoms with van der Waals surface area (Å²) >= 11 is 0. The fraction of sp³-hybridized carbons (Fsp3) is 0.588. The minimum absolute atomic E-state index is 0.302. The minimum Gasteiger partial charge on any atom is -0.481 e. The summed E-state index contributed by atoms with van der Waals surface area (Å²) in [6.45, 7) is 4.12. The van der Waals surface area contributed by atoms with E-state index < -0.39 is 5.97 Å². The van der Waals surface area contributed by atoms with Crippen molar-refractivity contribution in [1.29, 1.82) is 0 Å². The van der Waals surface area contributed by atoms with E-state index >= 15 is 0 Å². The highest BCUT2D eigenvalue weighted by Gasteiger charge is 2.22. The molecular weight excluding hydrogens is 236 g/mol. The molecule has 1 aromatic carbocycles. The summed E-state index contributed by atoms with van der Waals surface area (Å²) in [4.78, 5) is 11.0. The van der Waals surface area contributed by atoms with Gasteiger partial charge in [0.2, 0.25) is 0 Å². The highest BCUT2D eigenvalue weighted by molar-refractivity contribution is 5.70. The first-order valence-electron chi connectivity index (χ1n) is 7.38. The molecule has 0 bridgehead atoms. The molecule has 1 fully saturated rings. The van der Waals surface area contributed by atoms with Gasteiger partial charge < -0.3 is 5.11 Å². The molecule has 0 aliphatic heterocycles. The molecule has 2 heteroatoms. The van der Waals surface area contributed by atoms with E-state index in [9.17, 15) is 4.79 Å². The lowest BCUT2D eigenvalue weighted by Crippen LogP contribution is -2.16. The van der Waals surface area contributed by atoms with Gasteiger partial charge in [-0.15, -0.1) is 0 Å². The number of carboxylic acid groups (broad SMARTS) is 1. The van der Waals surface area contributed by atoms with E-state index in [4.69, 9.17) is 5.11 Å². The zero-order valence-electron chi connectivity index (χ0n) is 11.9. The number of hydrogen-bond donors (Lipinski definition) is 1. The first-order valence-corrected chi connectivity index (χ1v) is 7.38. The normalized spacial score (nSPS) is 24.9. The molecule has 2 nitrogen and oxygen atoms in total. The number of rotatable bonds is 4. The third-order valence-electron chi connectivity index (χ3n) is 4.46. The van der Waals surface area contributed by atoms with Crippen molar-refractivity contribution in [3.63, 3.8) is 0 Å². The molecule has 1 aromatic rings. The van der Waals surface area contributed by atoms with Crippen LogP contribution >= 0.6 is 0 Å². The fourth-order valence-corrected chi connectivity index (χ4v) is 3.11. The quantitative estimate of drug-likeness (QED) is 0.879. The van der Waals surface area contributed by atoms with Crippen LogP contribution in [0.25, 0.3) is 0 Å². The molecule has 1 unspecified atom stereocenters. The molecule has 1 aliphatic rings. The Hall–Kier alpha value is -1.31. The van der Waals surface area contributed by atoms with E-state index in [1.807, 2.05) is 6.07 Å². The van der Waals surface area contributed by atoms with E-state index in [-0.39, 0.29) is 5.92 Å². The number of carboxylic acids is 1. The van der Waals surface area contributed by atoms with Gasteiger partial charge in [0.25, 0.3) is 0 Å². The second-order valence-electron chi connectivity index (χ2n) is 6.10. The summed E-state index contributed by atoms with van der Waals surface area (Å²) in [6.07, 6.45) is 5.75. The van der Waals surface area contributed by atoms with Gasteiger partial charge in [-0.25, -0.2) is 0 Å². The Labute approximate surface area is 115 Å². The van der Waals surface area contributed by atoms with Crippen LogP contribution in [0.5, 0.6) is 0 Å². The van der Waals surface area contributed by atoms with Gasteiger partial charge in [-0.2, -0.15) is 0 Å². The molecule has 19 heavy (non-hydrogen) atoms. The lowest BCUT2D eigenvalue weighted by molar-refractivity contribution is -0.141. The summed E-state index contributed by atoms with van der Waals surface area (Å²) in [6, 6.07) is 8.42. The predicted molar refractivity (Wildman–Crippen MR) is 77.3 cm³/mol. The van der Waals surface area contributed by atoms with E-state index in [2.05, 4.69) is 25.1 Å². The van der Waals surface area contributed by atoms with Gasteiger partial charge in [-0.1, -0.05) is 51.0 Å². The van der Waals surface area contributed by atoms with Crippen molar-refractivity contribution in [2.45, 2.75) is 51.9 Å². The zero-order chi connectivity index (χ0) is 13.8. The second-order valence-corrected chi connectivity index (χ2v) is 6.10. The Morgan fingerprint density at radius 1 is 1.26 bits per heavy atom. The van der Waals surface area contributed by atoms with Gasteiger partial charge in [-0.05, 0) is 42.2 Å². The molecule has 1 atom stereocenters. The number of carbonyl (C=O) groups is 1. The van der Waals surface area contributed by atoms with Crippen LogP contribution in [0.15, 0.2) is 24.3 Å². The lowest BCUT2D eigenvalue weighted by Gasteiger charge is -2.28. The average Bonchev–Trinajstić information content (AvgIpc) is 2.40. The van der Waals surface area contributed by atoms with Crippen LogP contribution in [0.3, 0.4) is 0 Å². The molecule has 1 N–H and O–H groups in total. The van der Waals surface area contributed by atoms with Crippen molar-refractivity contribution in [3.8, 4) is 0 Å². The Bertz CT molecular complexity index is 431. The largest absolute Gasteiger partial charge is 0.481 e. The number of benzene rings is 1. The summed E-state index contributed by atoms with van der Waals surface area (Å²) < 4.78 is 0. The molecule has 0 aromatic heterocycles. The van der Waals surface area contributed by atoms with Gasteiger partial charge in [0.1, 0.15) is 0 Å². The summed E-state index contributed by atoms with van der Waals surface area (Å²) in [7, 11) is 0. The topological polar surface area (TPSA) is 37.3 Å². The van der Waals surface area contributed by atoms with Crippen LogP contribution in [0.4, 0.5) is 0 Å². The van der Waals surface area contributed by atoms with Crippen LogP contribution < -0.4 is 0 Å². The molecular formula is C17H24O2. The van der Waals surface area contributed by atoms with E-state index in [1.54, 1.807) is 6.92 Å². The SMILES string of the molecule is CC1CCC(c2ccccc2CC(C)C(=O)O)CC1. The van der Waals surface area contributed by atoms with Crippen molar-refractivity contribution < 1.29 is 9.90 Å². The second kappa shape index (κ2) is 6.23.